The molecule has 1 amide bonds. The van der Waals surface area contributed by atoms with Crippen molar-refractivity contribution in [3.8, 4) is 17.2 Å². The number of carbonyl (C=O) groups excluding carboxylic acids is 1. The summed E-state index contributed by atoms with van der Waals surface area (Å²) < 4.78 is 18.1. The number of carboxylic acid groups (broad SMARTS) is 1. The molecule has 1 atom stereocenters. The van der Waals surface area contributed by atoms with E-state index >= 15 is 0 Å². The number of fused-ring (bicyclic) bond motifs is 1. The molecule has 0 radical (unpaired) electrons. The van der Waals surface area contributed by atoms with E-state index < -0.39 is 12.1 Å². The highest BCUT2D eigenvalue weighted by Gasteiger charge is 2.29. The Kier molecular flexibility index (Phi) is 4.86. The molecule has 10 heteroatoms. The van der Waals surface area contributed by atoms with Crippen LogP contribution in [0, 0.1) is 6.92 Å². The molecule has 2 aliphatic heterocycles. The molecule has 148 valence electrons. The SMILES string of the molecule is Cc1c(C(=O)N2CCOC(CC(=O)O)C2)nnn1-c1ccc2c(c1)OCCO2. The smallest absolute Gasteiger partial charge is 0.306 e. The Bertz CT molecular complexity index is 911. The number of nitrogens with zero attached hydrogens (tertiary/aromatic N) is 4. The fraction of sp³-hybridized carbons (Fsp3) is 0.444. The Morgan fingerprint density at radius 1 is 1.21 bits per heavy atom. The molecule has 2 aromatic rings. The van der Waals surface area contributed by atoms with E-state index in [4.69, 9.17) is 19.3 Å². The van der Waals surface area contributed by atoms with Gasteiger partial charge < -0.3 is 24.2 Å². The molecular formula is C18H20N4O6. The molecule has 4 rings (SSSR count). The number of ether oxygens (including phenoxy) is 3. The van der Waals surface area contributed by atoms with Crippen LogP contribution >= 0.6 is 0 Å². The molecule has 1 fully saturated rings. The third kappa shape index (κ3) is 3.50. The number of aliphatic carboxylic acids is 1. The van der Waals surface area contributed by atoms with Crippen LogP contribution in [0.1, 0.15) is 22.6 Å². The second-order valence-electron chi connectivity index (χ2n) is 6.61. The summed E-state index contributed by atoms with van der Waals surface area (Å²) in [6, 6.07) is 5.41. The standard InChI is InChI=1S/C18H20N4O6/c1-11-17(18(25)21-4-5-26-13(10-21)9-16(23)24)19-20-22(11)12-2-3-14-15(8-12)28-7-6-27-14/h2-3,8,13H,4-7,9-10H2,1H3,(H,23,24). The van der Waals surface area contributed by atoms with E-state index in [2.05, 4.69) is 10.3 Å². The van der Waals surface area contributed by atoms with Crippen LogP contribution in [0.4, 0.5) is 0 Å². The monoisotopic (exact) mass is 388 g/mol. The quantitative estimate of drug-likeness (QED) is 0.812. The zero-order valence-electron chi connectivity index (χ0n) is 15.3. The summed E-state index contributed by atoms with van der Waals surface area (Å²) in [5.74, 6) is 0.0399. The van der Waals surface area contributed by atoms with Gasteiger partial charge in [0.05, 0.1) is 30.5 Å². The van der Waals surface area contributed by atoms with Crippen LogP contribution in [0.15, 0.2) is 18.2 Å². The van der Waals surface area contributed by atoms with E-state index in [1.807, 2.05) is 6.07 Å². The summed E-state index contributed by atoms with van der Waals surface area (Å²) in [5, 5.41) is 17.1. The third-order valence-corrected chi connectivity index (χ3v) is 4.70. The lowest BCUT2D eigenvalue weighted by Gasteiger charge is -2.31. The summed E-state index contributed by atoms with van der Waals surface area (Å²) in [7, 11) is 0. The summed E-state index contributed by atoms with van der Waals surface area (Å²) in [5.41, 5.74) is 1.52. The molecule has 0 aliphatic carbocycles. The van der Waals surface area contributed by atoms with Crippen LogP contribution in [0.25, 0.3) is 5.69 Å². The van der Waals surface area contributed by atoms with E-state index in [1.165, 1.54) is 0 Å². The number of carboxylic acids is 1. The van der Waals surface area contributed by atoms with Crippen molar-refractivity contribution in [1.29, 1.82) is 0 Å². The first kappa shape index (κ1) is 18.2. The highest BCUT2D eigenvalue weighted by atomic mass is 16.6. The van der Waals surface area contributed by atoms with Crippen molar-refractivity contribution >= 4 is 11.9 Å². The van der Waals surface area contributed by atoms with Crippen LogP contribution in [-0.4, -0.2) is 75.9 Å². The van der Waals surface area contributed by atoms with Crippen molar-refractivity contribution < 1.29 is 28.9 Å². The molecule has 0 spiro atoms. The molecule has 0 bridgehead atoms. The normalized spacial score (nSPS) is 18.8. The number of amides is 1. The highest BCUT2D eigenvalue weighted by molar-refractivity contribution is 5.93. The van der Waals surface area contributed by atoms with Crippen molar-refractivity contribution in [2.75, 3.05) is 32.9 Å². The number of morpholine rings is 1. The summed E-state index contributed by atoms with van der Waals surface area (Å²) in [4.78, 5) is 25.4. The van der Waals surface area contributed by atoms with Crippen molar-refractivity contribution in [2.24, 2.45) is 0 Å². The van der Waals surface area contributed by atoms with Gasteiger partial charge in [0.1, 0.15) is 13.2 Å². The largest absolute Gasteiger partial charge is 0.486 e. The van der Waals surface area contributed by atoms with Crippen LogP contribution in [0.3, 0.4) is 0 Å². The molecule has 1 unspecified atom stereocenters. The number of carbonyl (C=O) groups is 2. The first-order valence-corrected chi connectivity index (χ1v) is 8.98. The zero-order valence-corrected chi connectivity index (χ0v) is 15.3. The molecule has 28 heavy (non-hydrogen) atoms. The molecule has 1 aromatic heterocycles. The fourth-order valence-electron chi connectivity index (χ4n) is 3.31. The van der Waals surface area contributed by atoms with Crippen LogP contribution in [0.5, 0.6) is 11.5 Å². The van der Waals surface area contributed by atoms with E-state index in [0.29, 0.717) is 49.2 Å². The van der Waals surface area contributed by atoms with E-state index in [1.54, 1.807) is 28.6 Å². The minimum absolute atomic E-state index is 0.146. The molecule has 2 aliphatic rings. The molecule has 1 aromatic carbocycles. The predicted octanol–water partition coefficient (Wildman–Crippen LogP) is 0.663. The van der Waals surface area contributed by atoms with Crippen LogP contribution in [-0.2, 0) is 9.53 Å². The van der Waals surface area contributed by atoms with E-state index in [-0.39, 0.29) is 24.6 Å². The Balaban J connectivity index is 1.55. The maximum atomic E-state index is 12.9. The Morgan fingerprint density at radius 2 is 2.00 bits per heavy atom. The molecule has 3 heterocycles. The van der Waals surface area contributed by atoms with Crippen molar-refractivity contribution in [2.45, 2.75) is 19.4 Å². The molecule has 1 saturated heterocycles. The van der Waals surface area contributed by atoms with Gasteiger partial charge in [-0.1, -0.05) is 5.21 Å². The molecular weight excluding hydrogens is 368 g/mol. The second-order valence-corrected chi connectivity index (χ2v) is 6.61. The third-order valence-electron chi connectivity index (χ3n) is 4.70. The van der Waals surface area contributed by atoms with Gasteiger partial charge in [-0.15, -0.1) is 5.10 Å². The lowest BCUT2D eigenvalue weighted by Crippen LogP contribution is -2.46. The first-order valence-electron chi connectivity index (χ1n) is 8.98. The van der Waals surface area contributed by atoms with Gasteiger partial charge >= 0.3 is 5.97 Å². The maximum absolute atomic E-state index is 12.9. The topological polar surface area (TPSA) is 116 Å². The lowest BCUT2D eigenvalue weighted by atomic mass is 10.2. The van der Waals surface area contributed by atoms with Crippen LogP contribution in [0.2, 0.25) is 0 Å². The van der Waals surface area contributed by atoms with Gasteiger partial charge in [0, 0.05) is 19.2 Å². The molecule has 10 nitrogen and oxygen atoms in total. The van der Waals surface area contributed by atoms with Crippen molar-refractivity contribution in [3.05, 3.63) is 29.6 Å². The average Bonchev–Trinajstić information content (AvgIpc) is 3.08. The van der Waals surface area contributed by atoms with Gasteiger partial charge in [0.2, 0.25) is 0 Å². The minimum atomic E-state index is -0.958. The fourth-order valence-corrected chi connectivity index (χ4v) is 3.31. The Morgan fingerprint density at radius 3 is 2.79 bits per heavy atom. The zero-order chi connectivity index (χ0) is 19.7. The Labute approximate surface area is 160 Å². The number of aromatic nitrogens is 3. The second kappa shape index (κ2) is 7.47. The van der Waals surface area contributed by atoms with Crippen molar-refractivity contribution in [1.82, 2.24) is 19.9 Å². The van der Waals surface area contributed by atoms with Gasteiger partial charge in [-0.05, 0) is 19.1 Å². The van der Waals surface area contributed by atoms with Crippen molar-refractivity contribution in [3.63, 3.8) is 0 Å². The number of hydrogen-bond donors (Lipinski definition) is 1. The van der Waals surface area contributed by atoms with Crippen LogP contribution < -0.4 is 9.47 Å². The van der Waals surface area contributed by atoms with E-state index in [0.717, 1.165) is 0 Å². The summed E-state index contributed by atoms with van der Waals surface area (Å²) in [6.07, 6.45) is -0.671. The minimum Gasteiger partial charge on any atom is -0.486 e. The highest BCUT2D eigenvalue weighted by Crippen LogP contribution is 2.32. The van der Waals surface area contributed by atoms with Gasteiger partial charge in [-0.25, -0.2) is 4.68 Å². The summed E-state index contributed by atoms with van der Waals surface area (Å²) >= 11 is 0. The predicted molar refractivity (Wildman–Crippen MR) is 95.0 cm³/mol. The molecule has 0 saturated carbocycles. The average molecular weight is 388 g/mol. The van der Waals surface area contributed by atoms with Gasteiger partial charge in [0.25, 0.3) is 5.91 Å². The number of rotatable bonds is 4. The van der Waals surface area contributed by atoms with Gasteiger partial charge in [-0.2, -0.15) is 0 Å². The first-order chi connectivity index (χ1) is 13.5. The summed E-state index contributed by atoms with van der Waals surface area (Å²) in [6.45, 7) is 3.63. The molecule has 1 N–H and O–H groups in total. The van der Waals surface area contributed by atoms with E-state index in [9.17, 15) is 9.59 Å². The maximum Gasteiger partial charge on any atom is 0.306 e. The number of hydrogen-bond acceptors (Lipinski definition) is 7. The van der Waals surface area contributed by atoms with Gasteiger partial charge in [-0.3, -0.25) is 9.59 Å². The lowest BCUT2D eigenvalue weighted by molar-refractivity contribution is -0.141. The number of benzene rings is 1. The Hall–Kier alpha value is -3.14. The van der Waals surface area contributed by atoms with Gasteiger partial charge in [0.15, 0.2) is 17.2 Å².